The zero-order valence-corrected chi connectivity index (χ0v) is 16.7. The molecule has 0 unspecified atom stereocenters. The number of alkyl halides is 3. The lowest BCUT2D eigenvalue weighted by molar-refractivity contribution is -0.274. The second-order valence-electron chi connectivity index (χ2n) is 7.19. The minimum atomic E-state index is -4.86. The van der Waals surface area contributed by atoms with E-state index in [-0.39, 0.29) is 5.56 Å². The number of benzene rings is 1. The van der Waals surface area contributed by atoms with E-state index in [1.54, 1.807) is 6.20 Å². The van der Waals surface area contributed by atoms with Crippen molar-refractivity contribution in [3.8, 4) is 5.75 Å². The molecular weight excluding hydrogens is 415 g/mol. The van der Waals surface area contributed by atoms with Crippen molar-refractivity contribution in [3.63, 3.8) is 0 Å². The zero-order valence-electron chi connectivity index (χ0n) is 16.7. The summed E-state index contributed by atoms with van der Waals surface area (Å²) in [5.74, 6) is -0.199. The van der Waals surface area contributed by atoms with E-state index in [1.807, 2.05) is 6.07 Å². The summed E-state index contributed by atoms with van der Waals surface area (Å²) in [6.45, 7) is 4.59. The highest BCUT2D eigenvalue weighted by molar-refractivity contribution is 5.97. The SMILES string of the molecule is O=C(c1ccccc1OC(F)(F)F)N1CCN(c2cnnc(N3CCOCC3)c2)CC1. The van der Waals surface area contributed by atoms with Crippen LogP contribution in [0.1, 0.15) is 10.4 Å². The second kappa shape index (κ2) is 8.96. The van der Waals surface area contributed by atoms with Gasteiger partial charge in [-0.2, -0.15) is 5.10 Å². The van der Waals surface area contributed by atoms with E-state index in [0.29, 0.717) is 39.4 Å². The highest BCUT2D eigenvalue weighted by Gasteiger charge is 2.34. The monoisotopic (exact) mass is 437 g/mol. The molecule has 11 heteroatoms. The summed E-state index contributed by atoms with van der Waals surface area (Å²) >= 11 is 0. The molecule has 31 heavy (non-hydrogen) atoms. The van der Waals surface area contributed by atoms with Crippen molar-refractivity contribution in [1.82, 2.24) is 15.1 Å². The van der Waals surface area contributed by atoms with Crippen LogP contribution >= 0.6 is 0 Å². The Balaban J connectivity index is 1.41. The highest BCUT2D eigenvalue weighted by Crippen LogP contribution is 2.28. The Morgan fingerprint density at radius 1 is 1.00 bits per heavy atom. The number of ether oxygens (including phenoxy) is 2. The third-order valence-electron chi connectivity index (χ3n) is 5.24. The summed E-state index contributed by atoms with van der Waals surface area (Å²) < 4.78 is 47.4. The van der Waals surface area contributed by atoms with Crippen LogP contribution in [0.4, 0.5) is 24.7 Å². The molecule has 0 spiro atoms. The fraction of sp³-hybridized carbons (Fsp3) is 0.450. The third-order valence-corrected chi connectivity index (χ3v) is 5.24. The molecule has 0 radical (unpaired) electrons. The summed E-state index contributed by atoms with van der Waals surface area (Å²) in [5, 5.41) is 8.31. The van der Waals surface area contributed by atoms with Gasteiger partial charge in [0.25, 0.3) is 5.91 Å². The topological polar surface area (TPSA) is 71.0 Å². The van der Waals surface area contributed by atoms with Crippen LogP contribution in [0.2, 0.25) is 0 Å². The van der Waals surface area contributed by atoms with Gasteiger partial charge in [0, 0.05) is 45.3 Å². The van der Waals surface area contributed by atoms with Crippen molar-refractivity contribution in [3.05, 3.63) is 42.1 Å². The van der Waals surface area contributed by atoms with E-state index in [1.165, 1.54) is 23.1 Å². The number of carbonyl (C=O) groups is 1. The molecule has 1 aromatic carbocycles. The van der Waals surface area contributed by atoms with E-state index < -0.39 is 18.0 Å². The molecule has 1 aromatic heterocycles. The Hall–Kier alpha value is -3.08. The molecule has 0 bridgehead atoms. The standard InChI is InChI=1S/C20H22F3N5O3/c21-20(22,23)31-17-4-2-1-3-16(17)19(29)28-7-5-26(6-8-28)15-13-18(25-24-14-15)27-9-11-30-12-10-27/h1-4,13-14H,5-12H2. The van der Waals surface area contributed by atoms with Gasteiger partial charge < -0.3 is 24.2 Å². The van der Waals surface area contributed by atoms with Gasteiger partial charge in [0.2, 0.25) is 0 Å². The second-order valence-corrected chi connectivity index (χ2v) is 7.19. The van der Waals surface area contributed by atoms with Crippen LogP contribution in [-0.2, 0) is 4.74 Å². The van der Waals surface area contributed by atoms with Gasteiger partial charge >= 0.3 is 6.36 Å². The van der Waals surface area contributed by atoms with Crippen LogP contribution < -0.4 is 14.5 Å². The molecule has 2 aliphatic heterocycles. The number of carbonyl (C=O) groups excluding carboxylic acids is 1. The van der Waals surface area contributed by atoms with Gasteiger partial charge in [-0.1, -0.05) is 12.1 Å². The average molecular weight is 437 g/mol. The number of halogens is 3. The Bertz CT molecular complexity index is 913. The van der Waals surface area contributed by atoms with Crippen molar-refractivity contribution >= 4 is 17.4 Å². The lowest BCUT2D eigenvalue weighted by Crippen LogP contribution is -2.49. The average Bonchev–Trinajstić information content (AvgIpc) is 2.79. The Kier molecular flexibility index (Phi) is 6.12. The Morgan fingerprint density at radius 2 is 1.71 bits per heavy atom. The minimum absolute atomic E-state index is 0.103. The lowest BCUT2D eigenvalue weighted by atomic mass is 10.1. The molecule has 8 nitrogen and oxygen atoms in total. The molecule has 3 heterocycles. The van der Waals surface area contributed by atoms with Crippen LogP contribution in [0.5, 0.6) is 5.75 Å². The number of hydrogen-bond acceptors (Lipinski definition) is 7. The number of para-hydroxylation sites is 1. The van der Waals surface area contributed by atoms with Gasteiger partial charge in [-0.05, 0) is 12.1 Å². The Morgan fingerprint density at radius 3 is 2.42 bits per heavy atom. The maximum atomic E-state index is 12.8. The van der Waals surface area contributed by atoms with E-state index >= 15 is 0 Å². The maximum Gasteiger partial charge on any atom is 0.573 e. The van der Waals surface area contributed by atoms with Crippen LogP contribution in [0.25, 0.3) is 0 Å². The number of nitrogens with zero attached hydrogens (tertiary/aromatic N) is 5. The van der Waals surface area contributed by atoms with Crippen LogP contribution in [0.3, 0.4) is 0 Å². The van der Waals surface area contributed by atoms with Crippen LogP contribution in [-0.4, -0.2) is 79.8 Å². The number of aromatic nitrogens is 2. The van der Waals surface area contributed by atoms with Gasteiger partial charge in [0.05, 0.1) is 30.7 Å². The number of amides is 1. The van der Waals surface area contributed by atoms with E-state index in [9.17, 15) is 18.0 Å². The first kappa shape index (κ1) is 21.2. The molecule has 0 atom stereocenters. The molecule has 0 saturated carbocycles. The quantitative estimate of drug-likeness (QED) is 0.726. The molecule has 1 amide bonds. The highest BCUT2D eigenvalue weighted by atomic mass is 19.4. The van der Waals surface area contributed by atoms with Gasteiger partial charge in [0.15, 0.2) is 5.82 Å². The first-order chi connectivity index (χ1) is 14.9. The molecule has 0 N–H and O–H groups in total. The Labute approximate surface area is 177 Å². The predicted molar refractivity (Wildman–Crippen MR) is 106 cm³/mol. The van der Waals surface area contributed by atoms with Crippen molar-refractivity contribution in [2.24, 2.45) is 0 Å². The zero-order chi connectivity index (χ0) is 21.8. The molecule has 4 rings (SSSR count). The van der Waals surface area contributed by atoms with E-state index in [0.717, 1.165) is 30.7 Å². The number of hydrogen-bond donors (Lipinski definition) is 0. The van der Waals surface area contributed by atoms with E-state index in [2.05, 4.69) is 24.7 Å². The van der Waals surface area contributed by atoms with Crippen molar-refractivity contribution in [2.75, 3.05) is 62.3 Å². The van der Waals surface area contributed by atoms with Gasteiger partial charge in [0.1, 0.15) is 5.75 Å². The predicted octanol–water partition coefficient (Wildman–Crippen LogP) is 2.17. The molecule has 2 aliphatic rings. The first-order valence-electron chi connectivity index (χ1n) is 9.95. The number of rotatable bonds is 4. The van der Waals surface area contributed by atoms with Crippen LogP contribution in [0, 0.1) is 0 Å². The summed E-state index contributed by atoms with van der Waals surface area (Å²) in [6.07, 6.45) is -3.19. The summed E-state index contributed by atoms with van der Waals surface area (Å²) in [4.78, 5) is 18.6. The molecule has 2 aromatic rings. The van der Waals surface area contributed by atoms with Crippen molar-refractivity contribution in [2.45, 2.75) is 6.36 Å². The van der Waals surface area contributed by atoms with Gasteiger partial charge in [-0.25, -0.2) is 0 Å². The maximum absolute atomic E-state index is 12.8. The van der Waals surface area contributed by atoms with E-state index in [4.69, 9.17) is 4.74 Å². The van der Waals surface area contributed by atoms with Crippen LogP contribution in [0.15, 0.2) is 36.5 Å². The molecular formula is C20H22F3N5O3. The minimum Gasteiger partial charge on any atom is -0.405 e. The number of morpholine rings is 1. The number of anilines is 2. The number of piperazine rings is 1. The van der Waals surface area contributed by atoms with Crippen molar-refractivity contribution < 1.29 is 27.4 Å². The van der Waals surface area contributed by atoms with Crippen molar-refractivity contribution in [1.29, 1.82) is 0 Å². The normalized spacial score (nSPS) is 17.6. The molecule has 166 valence electrons. The molecule has 0 aliphatic carbocycles. The smallest absolute Gasteiger partial charge is 0.405 e. The molecule has 2 fully saturated rings. The third kappa shape index (κ3) is 5.16. The summed E-state index contributed by atoms with van der Waals surface area (Å²) in [7, 11) is 0. The lowest BCUT2D eigenvalue weighted by Gasteiger charge is -2.36. The first-order valence-corrected chi connectivity index (χ1v) is 9.95. The summed E-state index contributed by atoms with van der Waals surface area (Å²) in [5.41, 5.74) is 0.790. The van der Waals surface area contributed by atoms with Gasteiger partial charge in [-0.3, -0.25) is 4.79 Å². The van der Waals surface area contributed by atoms with Gasteiger partial charge in [-0.15, -0.1) is 18.3 Å². The molecule has 2 saturated heterocycles. The fourth-order valence-corrected chi connectivity index (χ4v) is 3.66. The fourth-order valence-electron chi connectivity index (χ4n) is 3.66. The largest absolute Gasteiger partial charge is 0.573 e. The summed E-state index contributed by atoms with van der Waals surface area (Å²) in [6, 6.07) is 7.37.